The van der Waals surface area contributed by atoms with Gasteiger partial charge in [-0.1, -0.05) is 18.2 Å². The van der Waals surface area contributed by atoms with E-state index in [9.17, 15) is 4.79 Å². The lowest BCUT2D eigenvalue weighted by molar-refractivity contribution is 0.202. The third kappa shape index (κ3) is 3.34. The van der Waals surface area contributed by atoms with Gasteiger partial charge < -0.3 is 0 Å². The van der Waals surface area contributed by atoms with Crippen LogP contribution in [-0.2, 0) is 6.54 Å². The summed E-state index contributed by atoms with van der Waals surface area (Å²) in [7, 11) is 0. The van der Waals surface area contributed by atoms with Gasteiger partial charge in [-0.15, -0.1) is 11.3 Å². The predicted molar refractivity (Wildman–Crippen MR) is 113 cm³/mol. The monoisotopic (exact) mass is 390 g/mol. The summed E-state index contributed by atoms with van der Waals surface area (Å²) in [4.78, 5) is 24.3. The average Bonchev–Trinajstić information content (AvgIpc) is 3.13. The van der Waals surface area contributed by atoms with Crippen LogP contribution in [0, 0.1) is 6.92 Å². The molecule has 0 spiro atoms. The second-order valence-corrected chi connectivity index (χ2v) is 8.65. The Bertz CT molecular complexity index is 1170. The third-order valence-corrected chi connectivity index (χ3v) is 6.69. The molecule has 0 radical (unpaired) electrons. The van der Waals surface area contributed by atoms with Crippen LogP contribution in [0.4, 0.5) is 0 Å². The van der Waals surface area contributed by atoms with Crippen LogP contribution < -0.4 is 5.56 Å². The SMILES string of the molecule is Cc1ccc2nc(CN3CCC(c4nc5ccccc5s4)CC3)cc(=O)n2c1. The fourth-order valence-electron chi connectivity index (χ4n) is 3.97. The van der Waals surface area contributed by atoms with Crippen molar-refractivity contribution in [3.63, 3.8) is 0 Å². The fourth-order valence-corrected chi connectivity index (χ4v) is 5.11. The number of benzene rings is 1. The Kier molecular flexibility index (Phi) is 4.45. The van der Waals surface area contributed by atoms with E-state index in [1.165, 1.54) is 9.71 Å². The van der Waals surface area contributed by atoms with Crippen LogP contribution in [0.3, 0.4) is 0 Å². The molecule has 28 heavy (non-hydrogen) atoms. The summed E-state index contributed by atoms with van der Waals surface area (Å²) in [6, 6.07) is 14.0. The maximum Gasteiger partial charge on any atom is 0.258 e. The molecule has 5 nitrogen and oxygen atoms in total. The molecule has 0 aliphatic carbocycles. The molecule has 1 aromatic carbocycles. The Hall–Kier alpha value is -2.57. The summed E-state index contributed by atoms with van der Waals surface area (Å²) in [5.41, 5.74) is 3.74. The summed E-state index contributed by atoms with van der Waals surface area (Å²) in [6.45, 7) is 4.73. The Morgan fingerprint density at radius 2 is 1.93 bits per heavy atom. The minimum atomic E-state index is -0.00642. The van der Waals surface area contributed by atoms with Crippen LogP contribution in [0.1, 0.15) is 35.0 Å². The smallest absolute Gasteiger partial charge is 0.258 e. The number of hydrogen-bond acceptors (Lipinski definition) is 5. The van der Waals surface area contributed by atoms with Gasteiger partial charge in [-0.25, -0.2) is 9.97 Å². The molecule has 0 amide bonds. The van der Waals surface area contributed by atoms with Gasteiger partial charge in [0.25, 0.3) is 5.56 Å². The first kappa shape index (κ1) is 17.5. The number of hydrogen-bond donors (Lipinski definition) is 0. The van der Waals surface area contributed by atoms with Crippen molar-refractivity contribution in [2.75, 3.05) is 13.1 Å². The van der Waals surface area contributed by atoms with Crippen molar-refractivity contribution in [2.24, 2.45) is 0 Å². The molecule has 4 aromatic rings. The molecule has 1 aliphatic rings. The van der Waals surface area contributed by atoms with E-state index >= 15 is 0 Å². The molecule has 6 heteroatoms. The van der Waals surface area contributed by atoms with Crippen molar-refractivity contribution in [1.82, 2.24) is 19.3 Å². The molecule has 4 heterocycles. The first-order valence-corrected chi connectivity index (χ1v) is 10.5. The zero-order chi connectivity index (χ0) is 19.1. The molecule has 142 valence electrons. The summed E-state index contributed by atoms with van der Waals surface area (Å²) in [5, 5.41) is 1.26. The highest BCUT2D eigenvalue weighted by molar-refractivity contribution is 7.18. The minimum absolute atomic E-state index is 0.00642. The Balaban J connectivity index is 1.29. The number of rotatable bonds is 3. The summed E-state index contributed by atoms with van der Waals surface area (Å²) >= 11 is 1.83. The number of piperidine rings is 1. The lowest BCUT2D eigenvalue weighted by Gasteiger charge is -2.30. The van der Waals surface area contributed by atoms with E-state index in [2.05, 4.69) is 34.1 Å². The molecule has 1 saturated heterocycles. The fraction of sp³-hybridized carbons (Fsp3) is 0.318. The molecule has 0 saturated carbocycles. The van der Waals surface area contributed by atoms with Gasteiger partial charge in [0.15, 0.2) is 0 Å². The average molecular weight is 391 g/mol. The predicted octanol–water partition coefficient (Wildman–Crippen LogP) is 3.99. The van der Waals surface area contributed by atoms with Gasteiger partial charge in [-0.3, -0.25) is 14.1 Å². The van der Waals surface area contributed by atoms with Gasteiger partial charge in [0, 0.05) is 24.7 Å². The summed E-state index contributed by atoms with van der Waals surface area (Å²) in [5.74, 6) is 0.534. The second-order valence-electron chi connectivity index (χ2n) is 7.59. The molecule has 0 N–H and O–H groups in total. The largest absolute Gasteiger partial charge is 0.297 e. The quantitative estimate of drug-likeness (QED) is 0.531. The van der Waals surface area contributed by atoms with Crippen LogP contribution in [0.25, 0.3) is 15.9 Å². The molecule has 3 aromatic heterocycles. The molecular formula is C22H22N4OS. The highest BCUT2D eigenvalue weighted by Gasteiger charge is 2.23. The number of nitrogens with zero attached hydrogens (tertiary/aromatic N) is 4. The molecule has 1 fully saturated rings. The van der Waals surface area contributed by atoms with Crippen LogP contribution in [0.15, 0.2) is 53.5 Å². The molecule has 0 unspecified atom stereocenters. The van der Waals surface area contributed by atoms with Gasteiger partial charge in [-0.05, 0) is 56.6 Å². The first-order valence-electron chi connectivity index (χ1n) is 9.72. The van der Waals surface area contributed by atoms with E-state index < -0.39 is 0 Å². The normalized spacial score (nSPS) is 16.2. The van der Waals surface area contributed by atoms with Gasteiger partial charge >= 0.3 is 0 Å². The van der Waals surface area contributed by atoms with E-state index in [4.69, 9.17) is 4.98 Å². The first-order chi connectivity index (χ1) is 13.7. The molecule has 0 bridgehead atoms. The summed E-state index contributed by atoms with van der Waals surface area (Å²) in [6.07, 6.45) is 4.05. The van der Waals surface area contributed by atoms with E-state index in [0.717, 1.165) is 54.9 Å². The molecule has 0 atom stereocenters. The Morgan fingerprint density at radius 3 is 2.75 bits per heavy atom. The van der Waals surface area contributed by atoms with Crippen molar-refractivity contribution in [2.45, 2.75) is 32.2 Å². The van der Waals surface area contributed by atoms with Crippen LogP contribution in [0.2, 0.25) is 0 Å². The number of fused-ring (bicyclic) bond motifs is 2. The maximum atomic E-state index is 12.4. The van der Waals surface area contributed by atoms with Gasteiger partial charge in [-0.2, -0.15) is 0 Å². The van der Waals surface area contributed by atoms with Crippen molar-refractivity contribution in [3.05, 3.63) is 75.3 Å². The van der Waals surface area contributed by atoms with Gasteiger partial charge in [0.1, 0.15) is 5.65 Å². The van der Waals surface area contributed by atoms with Crippen LogP contribution in [-0.4, -0.2) is 32.4 Å². The maximum absolute atomic E-state index is 12.4. The topological polar surface area (TPSA) is 50.5 Å². The van der Waals surface area contributed by atoms with E-state index in [-0.39, 0.29) is 5.56 Å². The standard InChI is InChI=1S/C22H22N4OS/c1-15-6-7-20-23-17(12-21(27)26(20)13-15)14-25-10-8-16(9-11-25)22-24-18-4-2-3-5-19(18)28-22/h2-7,12-13,16H,8-11,14H2,1H3. The van der Waals surface area contributed by atoms with E-state index in [1.54, 1.807) is 10.5 Å². The number of aromatic nitrogens is 3. The number of likely N-dealkylation sites (tertiary alicyclic amines) is 1. The van der Waals surface area contributed by atoms with Gasteiger partial charge in [0.2, 0.25) is 0 Å². The minimum Gasteiger partial charge on any atom is -0.297 e. The molecule has 1 aliphatic heterocycles. The highest BCUT2D eigenvalue weighted by Crippen LogP contribution is 2.34. The Morgan fingerprint density at radius 1 is 1.11 bits per heavy atom. The van der Waals surface area contributed by atoms with Crippen molar-refractivity contribution < 1.29 is 0 Å². The lowest BCUT2D eigenvalue weighted by atomic mass is 9.97. The number of para-hydroxylation sites is 1. The number of pyridine rings is 1. The number of thiazole rings is 1. The third-order valence-electron chi connectivity index (χ3n) is 5.49. The van der Waals surface area contributed by atoms with Crippen LogP contribution >= 0.6 is 11.3 Å². The van der Waals surface area contributed by atoms with Crippen molar-refractivity contribution >= 4 is 27.2 Å². The van der Waals surface area contributed by atoms with Crippen molar-refractivity contribution in [1.29, 1.82) is 0 Å². The van der Waals surface area contributed by atoms with Crippen molar-refractivity contribution in [3.8, 4) is 0 Å². The lowest BCUT2D eigenvalue weighted by Crippen LogP contribution is -2.33. The molecular weight excluding hydrogens is 368 g/mol. The zero-order valence-corrected chi connectivity index (χ0v) is 16.7. The summed E-state index contributed by atoms with van der Waals surface area (Å²) < 4.78 is 2.90. The molecule has 5 rings (SSSR count). The Labute approximate surface area is 167 Å². The zero-order valence-electron chi connectivity index (χ0n) is 15.8. The van der Waals surface area contributed by atoms with Crippen LogP contribution in [0.5, 0.6) is 0 Å². The van der Waals surface area contributed by atoms with E-state index in [1.807, 2.05) is 36.6 Å². The number of aryl methyl sites for hydroxylation is 1. The highest BCUT2D eigenvalue weighted by atomic mass is 32.1. The van der Waals surface area contributed by atoms with E-state index in [0.29, 0.717) is 5.92 Å². The second kappa shape index (κ2) is 7.11. The van der Waals surface area contributed by atoms with Gasteiger partial charge in [0.05, 0.1) is 20.9 Å².